The molecule has 1 aliphatic rings. The molecule has 0 saturated heterocycles. The van der Waals surface area contributed by atoms with Gasteiger partial charge in [-0.1, -0.05) is 25.1 Å². The van der Waals surface area contributed by atoms with Crippen LogP contribution in [0.5, 0.6) is 11.5 Å². The van der Waals surface area contributed by atoms with Gasteiger partial charge in [0.25, 0.3) is 0 Å². The maximum atomic E-state index is 12.7. The van der Waals surface area contributed by atoms with E-state index in [0.29, 0.717) is 0 Å². The van der Waals surface area contributed by atoms with Crippen molar-refractivity contribution in [3.8, 4) is 11.5 Å². The molecule has 0 N–H and O–H groups in total. The van der Waals surface area contributed by atoms with Crippen molar-refractivity contribution in [3.05, 3.63) is 59.2 Å². The lowest BCUT2D eigenvalue weighted by Crippen LogP contribution is -2.28. The summed E-state index contributed by atoms with van der Waals surface area (Å²) < 4.78 is 10.4. The molecule has 0 heterocycles. The van der Waals surface area contributed by atoms with Crippen LogP contribution in [0.2, 0.25) is 0 Å². The van der Waals surface area contributed by atoms with Gasteiger partial charge in [-0.3, -0.25) is 4.79 Å². The number of fused-ring (bicyclic) bond motifs is 1. The molecule has 3 rings (SSSR count). The quantitative estimate of drug-likeness (QED) is 0.862. The van der Waals surface area contributed by atoms with Crippen LogP contribution in [0.25, 0.3) is 0 Å². The summed E-state index contributed by atoms with van der Waals surface area (Å²) in [4.78, 5) is 12.7. The van der Waals surface area contributed by atoms with Crippen molar-refractivity contribution in [2.75, 3.05) is 14.2 Å². The third kappa shape index (κ3) is 2.47. The van der Waals surface area contributed by atoms with Crippen LogP contribution in [-0.4, -0.2) is 20.0 Å². The van der Waals surface area contributed by atoms with E-state index in [-0.39, 0.29) is 17.6 Å². The van der Waals surface area contributed by atoms with Crippen molar-refractivity contribution in [2.45, 2.75) is 19.3 Å². The Balaban J connectivity index is 1.96. The predicted molar refractivity (Wildman–Crippen MR) is 85.9 cm³/mol. The average Bonchev–Trinajstić information content (AvgIpc) is 2.58. The van der Waals surface area contributed by atoms with Crippen LogP contribution in [0.1, 0.15) is 34.3 Å². The van der Waals surface area contributed by atoms with E-state index in [1.165, 1.54) is 5.56 Å². The van der Waals surface area contributed by atoms with Gasteiger partial charge in [0.1, 0.15) is 11.5 Å². The van der Waals surface area contributed by atoms with E-state index in [1.807, 2.05) is 37.3 Å². The summed E-state index contributed by atoms with van der Waals surface area (Å²) in [5.74, 6) is 1.94. The number of hydrogen-bond donors (Lipinski definition) is 0. The number of benzene rings is 2. The first-order chi connectivity index (χ1) is 10.6. The number of hydrogen-bond acceptors (Lipinski definition) is 3. The second-order valence-corrected chi connectivity index (χ2v) is 5.76. The van der Waals surface area contributed by atoms with Gasteiger partial charge in [-0.15, -0.1) is 0 Å². The smallest absolute Gasteiger partial charge is 0.166 e. The Bertz CT molecular complexity index is 688. The summed E-state index contributed by atoms with van der Waals surface area (Å²) in [7, 11) is 3.28. The number of carbonyl (C=O) groups excluding carboxylic acids is 1. The molecule has 0 fully saturated rings. The molecule has 0 amide bonds. The minimum atomic E-state index is -0.0343. The van der Waals surface area contributed by atoms with Crippen LogP contribution in [0, 0.1) is 5.92 Å². The second kappa shape index (κ2) is 5.84. The van der Waals surface area contributed by atoms with Crippen molar-refractivity contribution in [3.63, 3.8) is 0 Å². The van der Waals surface area contributed by atoms with Gasteiger partial charge in [-0.2, -0.15) is 0 Å². The molecule has 0 saturated carbocycles. The van der Waals surface area contributed by atoms with Crippen molar-refractivity contribution in [1.82, 2.24) is 0 Å². The van der Waals surface area contributed by atoms with Crippen molar-refractivity contribution < 1.29 is 14.3 Å². The number of ether oxygens (including phenoxy) is 2. The average molecular weight is 296 g/mol. The standard InChI is InChI=1S/C19H20O3/c1-12-17(13-4-7-15(21-2)8-5-13)10-14-6-9-16(22-3)11-18(14)19(12)20/h4-9,11-12,17H,10H2,1-3H3. The second-order valence-electron chi connectivity index (χ2n) is 5.76. The van der Waals surface area contributed by atoms with Crippen LogP contribution >= 0.6 is 0 Å². The first kappa shape index (κ1) is 14.6. The maximum Gasteiger partial charge on any atom is 0.166 e. The molecule has 0 spiro atoms. The minimum Gasteiger partial charge on any atom is -0.497 e. The number of ketones is 1. The van der Waals surface area contributed by atoms with Gasteiger partial charge in [-0.25, -0.2) is 0 Å². The Morgan fingerprint density at radius 3 is 2.23 bits per heavy atom. The highest BCUT2D eigenvalue weighted by molar-refractivity contribution is 6.01. The van der Waals surface area contributed by atoms with E-state index in [1.54, 1.807) is 14.2 Å². The van der Waals surface area contributed by atoms with Crippen LogP contribution in [-0.2, 0) is 6.42 Å². The molecule has 3 nitrogen and oxygen atoms in total. The van der Waals surface area contributed by atoms with E-state index in [0.717, 1.165) is 29.0 Å². The molecule has 2 unspecified atom stereocenters. The first-order valence-corrected chi connectivity index (χ1v) is 7.49. The molecule has 2 atom stereocenters. The lowest BCUT2D eigenvalue weighted by molar-refractivity contribution is 0.0897. The highest BCUT2D eigenvalue weighted by Crippen LogP contribution is 2.38. The Morgan fingerprint density at radius 2 is 1.59 bits per heavy atom. The maximum absolute atomic E-state index is 12.7. The van der Waals surface area contributed by atoms with Crippen molar-refractivity contribution in [2.24, 2.45) is 5.92 Å². The zero-order valence-electron chi connectivity index (χ0n) is 13.1. The molecule has 114 valence electrons. The number of carbonyl (C=O) groups is 1. The summed E-state index contributed by atoms with van der Waals surface area (Å²) in [5, 5.41) is 0. The van der Waals surface area contributed by atoms with Crippen LogP contribution in [0.15, 0.2) is 42.5 Å². The third-order valence-electron chi connectivity index (χ3n) is 4.58. The third-order valence-corrected chi connectivity index (χ3v) is 4.58. The molecule has 0 bridgehead atoms. The summed E-state index contributed by atoms with van der Waals surface area (Å²) in [6, 6.07) is 13.8. The minimum absolute atomic E-state index is 0.0343. The summed E-state index contributed by atoms with van der Waals surface area (Å²) >= 11 is 0. The van der Waals surface area contributed by atoms with Gasteiger partial charge >= 0.3 is 0 Å². The largest absolute Gasteiger partial charge is 0.497 e. The molecular weight excluding hydrogens is 276 g/mol. The van der Waals surface area contributed by atoms with Crippen LogP contribution in [0.3, 0.4) is 0 Å². The molecule has 0 radical (unpaired) electrons. The fourth-order valence-electron chi connectivity index (χ4n) is 3.19. The molecule has 2 aromatic carbocycles. The van der Waals surface area contributed by atoms with Crippen LogP contribution < -0.4 is 9.47 Å². The molecule has 1 aliphatic carbocycles. The molecular formula is C19H20O3. The number of methoxy groups -OCH3 is 2. The number of Topliss-reactive ketones (excluding diaryl/α,β-unsaturated/α-hetero) is 1. The van der Waals surface area contributed by atoms with Crippen molar-refractivity contribution >= 4 is 5.78 Å². The Morgan fingerprint density at radius 1 is 0.955 bits per heavy atom. The summed E-state index contributed by atoms with van der Waals surface area (Å²) in [5.41, 5.74) is 3.09. The highest BCUT2D eigenvalue weighted by Gasteiger charge is 2.33. The highest BCUT2D eigenvalue weighted by atomic mass is 16.5. The van der Waals surface area contributed by atoms with Crippen LogP contribution in [0.4, 0.5) is 0 Å². The molecule has 0 aromatic heterocycles. The van der Waals surface area contributed by atoms with E-state index >= 15 is 0 Å². The summed E-state index contributed by atoms with van der Waals surface area (Å²) in [6.45, 7) is 2.01. The molecule has 22 heavy (non-hydrogen) atoms. The topological polar surface area (TPSA) is 35.5 Å². The summed E-state index contributed by atoms with van der Waals surface area (Å²) in [6.07, 6.45) is 0.874. The van der Waals surface area contributed by atoms with Gasteiger partial charge in [0.05, 0.1) is 14.2 Å². The van der Waals surface area contributed by atoms with Gasteiger partial charge in [0.2, 0.25) is 0 Å². The van der Waals surface area contributed by atoms with E-state index < -0.39 is 0 Å². The van der Waals surface area contributed by atoms with Gasteiger partial charge in [-0.05, 0) is 47.7 Å². The van der Waals surface area contributed by atoms with Gasteiger partial charge < -0.3 is 9.47 Å². The van der Waals surface area contributed by atoms with Gasteiger partial charge in [0.15, 0.2) is 5.78 Å². The predicted octanol–water partition coefficient (Wildman–Crippen LogP) is 3.86. The Hall–Kier alpha value is -2.29. The first-order valence-electron chi connectivity index (χ1n) is 7.49. The molecule has 0 aliphatic heterocycles. The Labute approximate surface area is 130 Å². The Kier molecular flexibility index (Phi) is 3.88. The SMILES string of the molecule is COc1ccc(C2Cc3ccc(OC)cc3C(=O)C2C)cc1. The monoisotopic (exact) mass is 296 g/mol. The zero-order chi connectivity index (χ0) is 15.7. The normalized spacial score (nSPS) is 20.4. The lowest BCUT2D eigenvalue weighted by Gasteiger charge is -2.30. The van der Waals surface area contributed by atoms with Crippen molar-refractivity contribution in [1.29, 1.82) is 0 Å². The van der Waals surface area contributed by atoms with E-state index in [4.69, 9.17) is 9.47 Å². The fourth-order valence-corrected chi connectivity index (χ4v) is 3.19. The van der Waals surface area contributed by atoms with Gasteiger partial charge in [0, 0.05) is 11.5 Å². The fraction of sp³-hybridized carbons (Fsp3) is 0.316. The van der Waals surface area contributed by atoms with E-state index in [9.17, 15) is 4.79 Å². The molecule has 2 aromatic rings. The molecule has 3 heteroatoms. The zero-order valence-corrected chi connectivity index (χ0v) is 13.1. The number of rotatable bonds is 3. The lowest BCUT2D eigenvalue weighted by atomic mass is 9.73. The van der Waals surface area contributed by atoms with E-state index in [2.05, 4.69) is 12.1 Å².